The van der Waals surface area contributed by atoms with Crippen LogP contribution >= 0.6 is 0 Å². The first kappa shape index (κ1) is 35.2. The predicted octanol–water partition coefficient (Wildman–Crippen LogP) is 6.15. The maximum Gasteiger partial charge on any atom is 0.303 e. The Balaban J connectivity index is 1.42. The molecule has 3 atom stereocenters. The number of hydrogen-bond acceptors (Lipinski definition) is 6. The van der Waals surface area contributed by atoms with Gasteiger partial charge >= 0.3 is 10.2 Å². The van der Waals surface area contributed by atoms with E-state index >= 15 is 4.79 Å². The summed E-state index contributed by atoms with van der Waals surface area (Å²) in [4.78, 5) is 32.7. The zero-order valence-corrected chi connectivity index (χ0v) is 31.3. The summed E-state index contributed by atoms with van der Waals surface area (Å²) in [5.41, 5.74) is 6.04. The molecule has 270 valence electrons. The Kier molecular flexibility index (Phi) is 9.26. The second kappa shape index (κ2) is 13.4. The predicted molar refractivity (Wildman–Crippen MR) is 200 cm³/mol. The molecule has 7 rings (SSSR count). The summed E-state index contributed by atoms with van der Waals surface area (Å²) in [5, 5.41) is 1.05. The zero-order valence-electron chi connectivity index (χ0n) is 30.5. The van der Waals surface area contributed by atoms with Crippen LogP contribution in [0.3, 0.4) is 0 Å². The van der Waals surface area contributed by atoms with E-state index in [1.807, 2.05) is 62.4 Å². The van der Waals surface area contributed by atoms with Crippen LogP contribution < -0.4 is 9.46 Å². The molecule has 1 aromatic heterocycles. The van der Waals surface area contributed by atoms with Crippen LogP contribution in [0.25, 0.3) is 22.2 Å². The highest BCUT2D eigenvalue weighted by Crippen LogP contribution is 2.66. The molecule has 1 aliphatic heterocycles. The first-order valence-corrected chi connectivity index (χ1v) is 19.4. The Morgan fingerprint density at radius 2 is 1.69 bits per heavy atom. The van der Waals surface area contributed by atoms with Crippen molar-refractivity contribution < 1.29 is 22.7 Å². The fourth-order valence-electron chi connectivity index (χ4n) is 8.65. The third-order valence-corrected chi connectivity index (χ3v) is 12.8. The molecule has 51 heavy (non-hydrogen) atoms. The van der Waals surface area contributed by atoms with Crippen molar-refractivity contribution in [2.75, 3.05) is 48.9 Å². The maximum atomic E-state index is 15.2. The van der Waals surface area contributed by atoms with Crippen molar-refractivity contribution in [3.8, 4) is 17.0 Å². The van der Waals surface area contributed by atoms with Gasteiger partial charge in [0.2, 0.25) is 5.91 Å². The fourth-order valence-corrected chi connectivity index (χ4v) is 9.19. The van der Waals surface area contributed by atoms with Gasteiger partial charge in [-0.15, -0.1) is 0 Å². The summed E-state index contributed by atoms with van der Waals surface area (Å²) in [6.45, 7) is 1.12. The number of likely N-dealkylation sites (N-methyl/N-ethyl adjacent to an activating group) is 2. The summed E-state index contributed by atoms with van der Waals surface area (Å²) in [7, 11) is 6.45. The number of carbonyl (C=O) groups is 2. The van der Waals surface area contributed by atoms with Crippen LogP contribution in [-0.2, 0) is 21.5 Å². The number of nitrogens with zero attached hydrogens (tertiary/aromatic N) is 4. The molecular formula is C40H49N5O5S. The van der Waals surface area contributed by atoms with Crippen molar-refractivity contribution in [1.29, 1.82) is 0 Å². The Bertz CT molecular complexity index is 2090. The SMILES string of the molecule is COc1ccc2c(c1)C1CC1(C(=O)N(C)C(CN(C)C)c1ccccc1)Cn1c-2c(C2CCCCC2)c2ccc(C(=O)NS(=O)(=O)N(C)C)cc21. The molecule has 0 saturated heterocycles. The highest BCUT2D eigenvalue weighted by Gasteiger charge is 2.64. The molecule has 3 aliphatic rings. The molecule has 10 nitrogen and oxygen atoms in total. The Hall–Kier alpha value is -4.19. The summed E-state index contributed by atoms with van der Waals surface area (Å²) < 4.78 is 36.5. The van der Waals surface area contributed by atoms with Crippen molar-refractivity contribution in [1.82, 2.24) is 23.4 Å². The van der Waals surface area contributed by atoms with Crippen LogP contribution in [-0.4, -0.2) is 87.8 Å². The minimum absolute atomic E-state index is 0.0146. The van der Waals surface area contributed by atoms with Gasteiger partial charge in [-0.1, -0.05) is 55.7 Å². The Morgan fingerprint density at radius 1 is 0.961 bits per heavy atom. The number of methoxy groups -OCH3 is 1. The van der Waals surface area contributed by atoms with E-state index in [0.717, 1.165) is 69.0 Å². The molecule has 2 heterocycles. The van der Waals surface area contributed by atoms with Crippen molar-refractivity contribution in [2.24, 2.45) is 5.41 Å². The average molecular weight is 712 g/mol. The largest absolute Gasteiger partial charge is 0.497 e. The average Bonchev–Trinajstić information content (AvgIpc) is 3.79. The van der Waals surface area contributed by atoms with E-state index in [1.54, 1.807) is 13.2 Å². The van der Waals surface area contributed by atoms with Gasteiger partial charge in [0.15, 0.2) is 0 Å². The van der Waals surface area contributed by atoms with Gasteiger partial charge < -0.3 is 19.1 Å². The van der Waals surface area contributed by atoms with Gasteiger partial charge in [0.25, 0.3) is 5.91 Å². The van der Waals surface area contributed by atoms with Gasteiger partial charge in [-0.05, 0) is 86.3 Å². The normalized spacial score (nSPS) is 20.7. The molecule has 3 aromatic carbocycles. The minimum Gasteiger partial charge on any atom is -0.497 e. The highest BCUT2D eigenvalue weighted by molar-refractivity contribution is 7.87. The third-order valence-electron chi connectivity index (χ3n) is 11.4. The van der Waals surface area contributed by atoms with Crippen LogP contribution in [0.15, 0.2) is 66.7 Å². The van der Waals surface area contributed by atoms with Gasteiger partial charge in [-0.25, -0.2) is 4.72 Å². The number of fused-ring (bicyclic) bond motifs is 7. The number of rotatable bonds is 10. The monoisotopic (exact) mass is 711 g/mol. The van der Waals surface area contributed by atoms with Crippen molar-refractivity contribution in [3.63, 3.8) is 0 Å². The van der Waals surface area contributed by atoms with Gasteiger partial charge in [-0.3, -0.25) is 9.59 Å². The molecule has 2 fully saturated rings. The maximum absolute atomic E-state index is 15.2. The molecule has 1 N–H and O–H groups in total. The lowest BCUT2D eigenvalue weighted by atomic mass is 9.81. The number of benzene rings is 3. The summed E-state index contributed by atoms with van der Waals surface area (Å²) in [6.07, 6.45) is 6.35. The molecule has 2 aliphatic carbocycles. The lowest BCUT2D eigenvalue weighted by Gasteiger charge is -2.34. The van der Waals surface area contributed by atoms with E-state index < -0.39 is 21.5 Å². The topological polar surface area (TPSA) is 104 Å². The lowest BCUT2D eigenvalue weighted by Crippen LogP contribution is -2.42. The van der Waals surface area contributed by atoms with Crippen molar-refractivity contribution in [3.05, 3.63) is 89.0 Å². The van der Waals surface area contributed by atoms with Crippen LogP contribution in [0.1, 0.15) is 83.5 Å². The van der Waals surface area contributed by atoms with E-state index in [1.165, 1.54) is 26.1 Å². The van der Waals surface area contributed by atoms with E-state index in [9.17, 15) is 13.2 Å². The van der Waals surface area contributed by atoms with E-state index in [4.69, 9.17) is 4.74 Å². The Labute approximate surface area is 301 Å². The molecule has 11 heteroatoms. The highest BCUT2D eigenvalue weighted by atomic mass is 32.2. The number of ether oxygens (including phenoxy) is 1. The van der Waals surface area contributed by atoms with Crippen LogP contribution in [0, 0.1) is 5.41 Å². The number of aromatic nitrogens is 1. The van der Waals surface area contributed by atoms with E-state index in [-0.39, 0.29) is 23.4 Å². The molecule has 0 spiro atoms. The van der Waals surface area contributed by atoms with Crippen molar-refractivity contribution in [2.45, 2.75) is 62.9 Å². The van der Waals surface area contributed by atoms with Gasteiger partial charge in [0, 0.05) is 62.2 Å². The fraction of sp³-hybridized carbons (Fsp3) is 0.450. The molecular weight excluding hydrogens is 663 g/mol. The zero-order chi connectivity index (χ0) is 36.2. The molecule has 0 radical (unpaired) electrons. The number of amides is 2. The van der Waals surface area contributed by atoms with Crippen LogP contribution in [0.4, 0.5) is 0 Å². The van der Waals surface area contributed by atoms with E-state index in [2.05, 4.69) is 38.5 Å². The minimum atomic E-state index is -3.99. The van der Waals surface area contributed by atoms with Crippen LogP contribution in [0.5, 0.6) is 5.75 Å². The second-order valence-corrected chi connectivity index (χ2v) is 17.0. The second-order valence-electron chi connectivity index (χ2n) is 15.1. The summed E-state index contributed by atoms with van der Waals surface area (Å²) in [6, 6.07) is 21.8. The number of hydrogen-bond donors (Lipinski definition) is 1. The van der Waals surface area contributed by atoms with Crippen LogP contribution in [0.2, 0.25) is 0 Å². The first-order chi connectivity index (χ1) is 24.4. The smallest absolute Gasteiger partial charge is 0.303 e. The first-order valence-electron chi connectivity index (χ1n) is 17.9. The number of nitrogens with one attached hydrogen (secondary N) is 1. The molecule has 0 bridgehead atoms. The molecule has 4 aromatic rings. The van der Waals surface area contributed by atoms with E-state index in [0.29, 0.717) is 25.4 Å². The molecule has 2 saturated carbocycles. The molecule has 3 unspecified atom stereocenters. The lowest BCUT2D eigenvalue weighted by molar-refractivity contribution is -0.139. The van der Waals surface area contributed by atoms with Gasteiger partial charge in [-0.2, -0.15) is 12.7 Å². The molecule has 2 amide bonds. The van der Waals surface area contributed by atoms with Gasteiger partial charge in [0.1, 0.15) is 5.75 Å². The summed E-state index contributed by atoms with van der Waals surface area (Å²) in [5.74, 6) is 0.474. The number of carbonyl (C=O) groups excluding carboxylic acids is 2. The summed E-state index contributed by atoms with van der Waals surface area (Å²) >= 11 is 0. The standard InChI is InChI=1S/C40H49N5O5S/c1-42(2)24-35(26-13-9-7-10-14-26)44(5)39(47)40-23-33(40)32-22-29(50-6)18-20-30(32)37-36(27-15-11-8-12-16-27)31-19-17-28(21-34(31)45(37)25-40)38(46)41-51(48,49)43(3)4/h7,9-10,13-14,17-22,27,33,35H,8,11-12,15-16,23-25H2,1-6H3,(H,41,46). The quantitative estimate of drug-likeness (QED) is 0.212. The van der Waals surface area contributed by atoms with Gasteiger partial charge in [0.05, 0.1) is 24.3 Å². The third kappa shape index (κ3) is 6.23. The Morgan fingerprint density at radius 3 is 2.35 bits per heavy atom. The van der Waals surface area contributed by atoms with Crippen molar-refractivity contribution >= 4 is 32.9 Å².